The van der Waals surface area contributed by atoms with E-state index in [2.05, 4.69) is 10.1 Å². The van der Waals surface area contributed by atoms with Crippen LogP contribution in [0.25, 0.3) is 5.82 Å². The smallest absolute Gasteiger partial charge is 0.251 e. The summed E-state index contributed by atoms with van der Waals surface area (Å²) in [4.78, 5) is 15.1. The Morgan fingerprint density at radius 2 is 2.35 bits per heavy atom. The lowest BCUT2D eigenvalue weighted by atomic mass is 10.1. The molecule has 0 radical (unpaired) electrons. The number of aliphatic hydroxyl groups excluding tert-OH is 1. The van der Waals surface area contributed by atoms with Crippen LogP contribution in [0.5, 0.6) is 0 Å². The summed E-state index contributed by atoms with van der Waals surface area (Å²) in [6, 6.07) is 3.47. The first kappa shape index (κ1) is 11.3. The minimum Gasteiger partial charge on any atom is -0.389 e. The Labute approximate surface area is 97.7 Å². The van der Waals surface area contributed by atoms with Gasteiger partial charge in [0.25, 0.3) is 5.91 Å². The van der Waals surface area contributed by atoms with E-state index in [1.165, 1.54) is 17.1 Å². The molecular formula is C11H12N4O2. The van der Waals surface area contributed by atoms with Gasteiger partial charge in [-0.15, -0.1) is 0 Å². The quantitative estimate of drug-likeness (QED) is 0.801. The molecule has 1 amide bonds. The average Bonchev–Trinajstić information content (AvgIpc) is 2.78. The molecule has 3 N–H and O–H groups in total. The second-order valence-corrected chi connectivity index (χ2v) is 3.63. The number of pyridine rings is 1. The van der Waals surface area contributed by atoms with Crippen molar-refractivity contribution in [1.29, 1.82) is 0 Å². The molecule has 0 saturated carbocycles. The second-order valence-electron chi connectivity index (χ2n) is 3.63. The molecule has 0 aromatic carbocycles. The van der Waals surface area contributed by atoms with Crippen LogP contribution in [0.1, 0.15) is 28.9 Å². The minimum absolute atomic E-state index is 0.298. The van der Waals surface area contributed by atoms with E-state index in [9.17, 15) is 9.90 Å². The Kier molecular flexibility index (Phi) is 2.88. The summed E-state index contributed by atoms with van der Waals surface area (Å²) in [5, 5.41) is 13.6. The molecule has 2 aromatic heterocycles. The Morgan fingerprint density at radius 1 is 1.59 bits per heavy atom. The number of nitrogens with two attached hydrogens (primary N) is 1. The molecule has 6 nitrogen and oxygen atoms in total. The third-order valence-corrected chi connectivity index (χ3v) is 2.35. The molecule has 0 aliphatic rings. The van der Waals surface area contributed by atoms with Gasteiger partial charge < -0.3 is 10.8 Å². The van der Waals surface area contributed by atoms with Crippen LogP contribution < -0.4 is 5.73 Å². The predicted octanol–water partition coefficient (Wildman–Crippen LogP) is 0.420. The highest BCUT2D eigenvalue weighted by Crippen LogP contribution is 2.18. The fourth-order valence-electron chi connectivity index (χ4n) is 1.49. The molecule has 2 heterocycles. The highest BCUT2D eigenvalue weighted by Gasteiger charge is 2.12. The minimum atomic E-state index is -0.667. The summed E-state index contributed by atoms with van der Waals surface area (Å²) in [5.74, 6) is -0.0687. The summed E-state index contributed by atoms with van der Waals surface area (Å²) in [6.07, 6.45) is 3.77. The fraction of sp³-hybridized carbons (Fsp3) is 0.182. The molecule has 2 rings (SSSR count). The molecule has 0 fully saturated rings. The number of amides is 1. The zero-order chi connectivity index (χ0) is 12.4. The molecule has 0 aliphatic heterocycles. The molecule has 6 heteroatoms. The van der Waals surface area contributed by atoms with Crippen molar-refractivity contribution in [3.05, 3.63) is 41.9 Å². The number of aromatic nitrogens is 3. The lowest BCUT2D eigenvalue weighted by Crippen LogP contribution is -2.10. The monoisotopic (exact) mass is 232 g/mol. The van der Waals surface area contributed by atoms with Gasteiger partial charge in [-0.1, -0.05) is 6.07 Å². The summed E-state index contributed by atoms with van der Waals surface area (Å²) in [5.41, 5.74) is 6.07. The van der Waals surface area contributed by atoms with Crippen molar-refractivity contribution < 1.29 is 9.90 Å². The van der Waals surface area contributed by atoms with Gasteiger partial charge in [0, 0.05) is 18.0 Å². The van der Waals surface area contributed by atoms with E-state index in [0.717, 1.165) is 0 Å². The highest BCUT2D eigenvalue weighted by molar-refractivity contribution is 5.92. The van der Waals surface area contributed by atoms with Crippen molar-refractivity contribution >= 4 is 5.91 Å². The maximum Gasteiger partial charge on any atom is 0.251 e. The molecular weight excluding hydrogens is 220 g/mol. The Balaban J connectivity index is 2.48. The van der Waals surface area contributed by atoms with Crippen molar-refractivity contribution in [2.75, 3.05) is 0 Å². The van der Waals surface area contributed by atoms with Gasteiger partial charge in [0.2, 0.25) is 0 Å². The fourth-order valence-corrected chi connectivity index (χ4v) is 1.49. The Bertz CT molecular complexity index is 548. The lowest BCUT2D eigenvalue weighted by Gasteiger charge is -2.09. The SMILES string of the molecule is C[C@@H](O)c1cccnc1-n1cc(C(N)=O)cn1. The molecule has 2 aromatic rings. The maximum atomic E-state index is 11.0. The van der Waals surface area contributed by atoms with Crippen LogP contribution in [0.2, 0.25) is 0 Å². The number of rotatable bonds is 3. The Hall–Kier alpha value is -2.21. The summed E-state index contributed by atoms with van der Waals surface area (Å²) in [7, 11) is 0. The van der Waals surface area contributed by atoms with Gasteiger partial charge in [-0.2, -0.15) is 5.10 Å². The first-order chi connectivity index (χ1) is 8.09. The first-order valence-electron chi connectivity index (χ1n) is 5.07. The number of nitrogens with zero attached hydrogens (tertiary/aromatic N) is 3. The van der Waals surface area contributed by atoms with Gasteiger partial charge >= 0.3 is 0 Å². The van der Waals surface area contributed by atoms with Crippen molar-refractivity contribution in [2.45, 2.75) is 13.0 Å². The normalized spacial score (nSPS) is 12.4. The van der Waals surface area contributed by atoms with Crippen LogP contribution in [-0.2, 0) is 0 Å². The number of hydrogen-bond donors (Lipinski definition) is 2. The molecule has 1 atom stereocenters. The molecule has 0 aliphatic carbocycles. The van der Waals surface area contributed by atoms with Crippen LogP contribution in [0.3, 0.4) is 0 Å². The zero-order valence-corrected chi connectivity index (χ0v) is 9.24. The summed E-state index contributed by atoms with van der Waals surface area (Å²) in [6.45, 7) is 1.64. The predicted molar refractivity (Wildman–Crippen MR) is 60.5 cm³/mol. The average molecular weight is 232 g/mol. The zero-order valence-electron chi connectivity index (χ0n) is 9.24. The molecule has 0 spiro atoms. The van der Waals surface area contributed by atoms with E-state index in [4.69, 9.17) is 5.73 Å². The third-order valence-electron chi connectivity index (χ3n) is 2.35. The molecule has 0 unspecified atom stereocenters. The van der Waals surface area contributed by atoms with Gasteiger partial charge in [-0.25, -0.2) is 9.67 Å². The van der Waals surface area contributed by atoms with Crippen molar-refractivity contribution in [2.24, 2.45) is 5.73 Å². The van der Waals surface area contributed by atoms with Gasteiger partial charge in [0.1, 0.15) is 0 Å². The summed E-state index contributed by atoms with van der Waals surface area (Å²) >= 11 is 0. The number of carbonyl (C=O) groups is 1. The Morgan fingerprint density at radius 3 is 2.94 bits per heavy atom. The van der Waals surface area contributed by atoms with Gasteiger partial charge in [0.05, 0.1) is 17.9 Å². The third kappa shape index (κ3) is 2.16. The largest absolute Gasteiger partial charge is 0.389 e. The number of aliphatic hydroxyl groups is 1. The molecule has 17 heavy (non-hydrogen) atoms. The van der Waals surface area contributed by atoms with Crippen LogP contribution >= 0.6 is 0 Å². The highest BCUT2D eigenvalue weighted by atomic mass is 16.3. The number of hydrogen-bond acceptors (Lipinski definition) is 4. The van der Waals surface area contributed by atoms with Crippen LogP contribution in [-0.4, -0.2) is 25.8 Å². The van der Waals surface area contributed by atoms with Gasteiger partial charge in [0.15, 0.2) is 5.82 Å². The second kappa shape index (κ2) is 4.34. The number of primary amides is 1. The van der Waals surface area contributed by atoms with E-state index in [1.807, 2.05) is 0 Å². The number of carbonyl (C=O) groups excluding carboxylic acids is 1. The first-order valence-corrected chi connectivity index (χ1v) is 5.07. The molecule has 88 valence electrons. The molecule has 0 bridgehead atoms. The van der Waals surface area contributed by atoms with Crippen molar-refractivity contribution in [1.82, 2.24) is 14.8 Å². The van der Waals surface area contributed by atoms with Crippen molar-refractivity contribution in [3.8, 4) is 5.82 Å². The van der Waals surface area contributed by atoms with Crippen LogP contribution in [0.4, 0.5) is 0 Å². The van der Waals surface area contributed by atoms with Gasteiger partial charge in [-0.3, -0.25) is 4.79 Å². The maximum absolute atomic E-state index is 11.0. The van der Waals surface area contributed by atoms with Crippen molar-refractivity contribution in [3.63, 3.8) is 0 Å². The standard InChI is InChI=1S/C11H12N4O2/c1-7(16)9-3-2-4-13-11(9)15-6-8(5-14-15)10(12)17/h2-7,16H,1H3,(H2,12,17)/t7-/m1/s1. The van der Waals surface area contributed by atoms with Gasteiger partial charge in [-0.05, 0) is 13.0 Å². The lowest BCUT2D eigenvalue weighted by molar-refractivity contribution is 0.100. The van der Waals surface area contributed by atoms with Crippen LogP contribution in [0, 0.1) is 0 Å². The van der Waals surface area contributed by atoms with Crippen LogP contribution in [0.15, 0.2) is 30.7 Å². The van der Waals surface area contributed by atoms with E-state index in [0.29, 0.717) is 16.9 Å². The van der Waals surface area contributed by atoms with E-state index in [-0.39, 0.29) is 0 Å². The van der Waals surface area contributed by atoms with E-state index in [1.54, 1.807) is 25.3 Å². The topological polar surface area (TPSA) is 94.0 Å². The van der Waals surface area contributed by atoms with E-state index >= 15 is 0 Å². The summed E-state index contributed by atoms with van der Waals surface area (Å²) < 4.78 is 1.42. The molecule has 0 saturated heterocycles. The van der Waals surface area contributed by atoms with E-state index < -0.39 is 12.0 Å².